The number of carbonyl (C=O) groups is 2. The van der Waals surface area contributed by atoms with Crippen molar-refractivity contribution in [3.05, 3.63) is 94.8 Å². The first-order valence-corrected chi connectivity index (χ1v) is 15.9. The van der Waals surface area contributed by atoms with Crippen LogP contribution in [0.15, 0.2) is 77.7 Å². The summed E-state index contributed by atoms with van der Waals surface area (Å²) in [5.74, 6) is -0.691. The van der Waals surface area contributed by atoms with E-state index in [-0.39, 0.29) is 47.8 Å². The molecule has 2 aliphatic rings. The molecule has 0 spiro atoms. The van der Waals surface area contributed by atoms with Gasteiger partial charge in [-0.2, -0.15) is 4.31 Å². The van der Waals surface area contributed by atoms with Crippen molar-refractivity contribution >= 4 is 39.2 Å². The summed E-state index contributed by atoms with van der Waals surface area (Å²) in [4.78, 5) is 30.4. The Morgan fingerprint density at radius 3 is 2.24 bits per heavy atom. The lowest BCUT2D eigenvalue weighted by atomic mass is 10.0. The molecule has 1 aliphatic carbocycles. The summed E-state index contributed by atoms with van der Waals surface area (Å²) in [5.41, 5.74) is 2.28. The summed E-state index contributed by atoms with van der Waals surface area (Å²) in [6, 6.07) is 18.8. The van der Waals surface area contributed by atoms with Crippen LogP contribution in [0.25, 0.3) is 0 Å². The molecule has 1 N–H and O–H groups in total. The summed E-state index contributed by atoms with van der Waals surface area (Å²) in [6.45, 7) is 2.65. The Morgan fingerprint density at radius 2 is 1.62 bits per heavy atom. The van der Waals surface area contributed by atoms with E-state index in [1.54, 1.807) is 70.5 Å². The van der Waals surface area contributed by atoms with Gasteiger partial charge in [0.1, 0.15) is 5.82 Å². The first kappa shape index (κ1) is 30.0. The van der Waals surface area contributed by atoms with E-state index in [2.05, 4.69) is 5.32 Å². The monoisotopic (exact) mass is 612 g/mol. The quantitative estimate of drug-likeness (QED) is 0.337. The minimum atomic E-state index is -3.88. The molecule has 0 atom stereocenters. The van der Waals surface area contributed by atoms with Crippen molar-refractivity contribution in [3.63, 3.8) is 0 Å². The van der Waals surface area contributed by atoms with Gasteiger partial charge in [0.05, 0.1) is 11.4 Å². The van der Waals surface area contributed by atoms with Crippen molar-refractivity contribution in [3.8, 4) is 0 Å². The van der Waals surface area contributed by atoms with Gasteiger partial charge in [-0.15, -0.1) is 0 Å². The molecule has 1 aliphatic heterocycles. The molecule has 0 unspecified atom stereocenters. The van der Waals surface area contributed by atoms with Crippen LogP contribution in [-0.2, 0) is 21.4 Å². The SMILES string of the molecule is Cc1ccc(S(=O)(=O)N(CC(=O)N(Cc2ccc(F)cc2)C2CCN(C(=O)Nc3cccc(Cl)c3)CC2)C2CC2)cc1. The number of nitrogens with zero attached hydrogens (tertiary/aromatic N) is 3. The van der Waals surface area contributed by atoms with Crippen LogP contribution in [0.2, 0.25) is 5.02 Å². The van der Waals surface area contributed by atoms with Crippen LogP contribution in [0.4, 0.5) is 14.9 Å². The van der Waals surface area contributed by atoms with Crippen molar-refractivity contribution < 1.29 is 22.4 Å². The first-order valence-electron chi connectivity index (χ1n) is 14.0. The van der Waals surface area contributed by atoms with Crippen LogP contribution in [0.5, 0.6) is 0 Å². The number of hydrogen-bond acceptors (Lipinski definition) is 4. The van der Waals surface area contributed by atoms with Crippen molar-refractivity contribution in [2.45, 2.75) is 56.1 Å². The number of aryl methyl sites for hydroxylation is 1. The number of carbonyl (C=O) groups excluding carboxylic acids is 2. The van der Waals surface area contributed by atoms with Gasteiger partial charge in [0, 0.05) is 42.4 Å². The molecule has 222 valence electrons. The van der Waals surface area contributed by atoms with Gasteiger partial charge in [-0.05, 0) is 80.6 Å². The fourth-order valence-corrected chi connectivity index (χ4v) is 7.02. The lowest BCUT2D eigenvalue weighted by molar-refractivity contribution is -0.135. The molecule has 8 nitrogen and oxygen atoms in total. The highest BCUT2D eigenvalue weighted by molar-refractivity contribution is 7.89. The summed E-state index contributed by atoms with van der Waals surface area (Å²) >= 11 is 6.04. The van der Waals surface area contributed by atoms with Crippen LogP contribution >= 0.6 is 11.6 Å². The fraction of sp³-hybridized carbons (Fsp3) is 0.355. The largest absolute Gasteiger partial charge is 0.334 e. The average molecular weight is 613 g/mol. The Morgan fingerprint density at radius 1 is 0.952 bits per heavy atom. The Labute approximate surface area is 251 Å². The number of sulfonamides is 1. The van der Waals surface area contributed by atoms with Gasteiger partial charge >= 0.3 is 6.03 Å². The maximum absolute atomic E-state index is 13.9. The molecule has 1 saturated heterocycles. The van der Waals surface area contributed by atoms with Crippen molar-refractivity contribution in [1.82, 2.24) is 14.1 Å². The van der Waals surface area contributed by atoms with Gasteiger partial charge in [-0.1, -0.05) is 47.5 Å². The molecule has 2 fully saturated rings. The van der Waals surface area contributed by atoms with E-state index in [4.69, 9.17) is 11.6 Å². The molecular weight excluding hydrogens is 579 g/mol. The van der Waals surface area contributed by atoms with Gasteiger partial charge in [0.2, 0.25) is 15.9 Å². The Bertz CT molecular complexity index is 1520. The molecule has 1 saturated carbocycles. The number of anilines is 1. The molecule has 0 bridgehead atoms. The number of likely N-dealkylation sites (tertiary alicyclic amines) is 1. The van der Waals surface area contributed by atoms with Gasteiger partial charge in [-0.3, -0.25) is 4.79 Å². The average Bonchev–Trinajstić information content (AvgIpc) is 3.81. The number of urea groups is 1. The van der Waals surface area contributed by atoms with E-state index in [0.29, 0.717) is 49.5 Å². The van der Waals surface area contributed by atoms with Crippen molar-refractivity contribution in [2.24, 2.45) is 0 Å². The second-order valence-electron chi connectivity index (χ2n) is 10.9. The molecule has 11 heteroatoms. The Kier molecular flexibility index (Phi) is 9.15. The van der Waals surface area contributed by atoms with Crippen LogP contribution in [0, 0.1) is 12.7 Å². The molecule has 3 amide bonds. The van der Waals surface area contributed by atoms with E-state index >= 15 is 0 Å². The topological polar surface area (TPSA) is 90.0 Å². The van der Waals surface area contributed by atoms with Crippen LogP contribution in [-0.4, -0.2) is 66.2 Å². The van der Waals surface area contributed by atoms with Gasteiger partial charge in [0.25, 0.3) is 0 Å². The molecule has 3 aromatic carbocycles. The second-order valence-corrected chi connectivity index (χ2v) is 13.2. The molecule has 3 aromatic rings. The summed E-state index contributed by atoms with van der Waals surface area (Å²) < 4.78 is 42.1. The minimum Gasteiger partial charge on any atom is -0.334 e. The van der Waals surface area contributed by atoms with Gasteiger partial charge < -0.3 is 15.1 Å². The normalized spacial score (nSPS) is 16.0. The predicted octanol–water partition coefficient (Wildman–Crippen LogP) is 5.67. The maximum Gasteiger partial charge on any atom is 0.321 e. The maximum atomic E-state index is 13.9. The highest BCUT2D eigenvalue weighted by atomic mass is 35.5. The number of amides is 3. The van der Waals surface area contributed by atoms with Gasteiger partial charge in [0.15, 0.2) is 0 Å². The highest BCUT2D eigenvalue weighted by Crippen LogP contribution is 2.33. The van der Waals surface area contributed by atoms with Gasteiger partial charge in [-0.25, -0.2) is 17.6 Å². The zero-order chi connectivity index (χ0) is 29.9. The molecular formula is C31H34ClFN4O4S. The third-order valence-corrected chi connectivity index (χ3v) is 9.88. The van der Waals surface area contributed by atoms with Crippen molar-refractivity contribution in [2.75, 3.05) is 25.0 Å². The second kappa shape index (κ2) is 12.8. The van der Waals surface area contributed by atoms with Crippen molar-refractivity contribution in [1.29, 1.82) is 0 Å². The lowest BCUT2D eigenvalue weighted by Gasteiger charge is -2.39. The molecule has 0 aromatic heterocycles. The number of halogens is 2. The predicted molar refractivity (Wildman–Crippen MR) is 160 cm³/mol. The third-order valence-electron chi connectivity index (χ3n) is 7.73. The summed E-state index contributed by atoms with van der Waals surface area (Å²) in [7, 11) is -3.88. The fourth-order valence-electron chi connectivity index (χ4n) is 5.20. The number of rotatable bonds is 9. The van der Waals surface area contributed by atoms with Crippen LogP contribution < -0.4 is 5.32 Å². The van der Waals surface area contributed by atoms with E-state index in [1.165, 1.54) is 16.4 Å². The number of hydrogen-bond donors (Lipinski definition) is 1. The van der Waals surface area contributed by atoms with E-state index in [0.717, 1.165) is 11.1 Å². The first-order chi connectivity index (χ1) is 20.1. The standard InChI is InChI=1S/C31H34ClFN4O4S/c1-22-5-13-29(14-6-22)42(40,41)37(28-11-12-28)21-30(38)36(20-23-7-9-25(33)10-8-23)27-15-17-35(18-16-27)31(39)34-26-4-2-3-24(32)19-26/h2-10,13-14,19,27-28H,11-12,15-18,20-21H2,1H3,(H,34,39). The minimum absolute atomic E-state index is 0.164. The number of benzene rings is 3. The Hall–Kier alpha value is -3.47. The molecule has 42 heavy (non-hydrogen) atoms. The van der Waals surface area contributed by atoms with E-state index in [1.807, 2.05) is 6.92 Å². The van der Waals surface area contributed by atoms with E-state index in [9.17, 15) is 22.4 Å². The molecule has 0 radical (unpaired) electrons. The van der Waals surface area contributed by atoms with E-state index < -0.39 is 10.0 Å². The summed E-state index contributed by atoms with van der Waals surface area (Å²) in [5, 5.41) is 3.38. The Balaban J connectivity index is 1.31. The molecule has 1 heterocycles. The molecule has 5 rings (SSSR count). The van der Waals surface area contributed by atoms with Crippen LogP contribution in [0.1, 0.15) is 36.8 Å². The zero-order valence-electron chi connectivity index (χ0n) is 23.4. The lowest BCUT2D eigenvalue weighted by Crippen LogP contribution is -2.52. The smallest absolute Gasteiger partial charge is 0.321 e. The highest BCUT2D eigenvalue weighted by Gasteiger charge is 2.41. The third kappa shape index (κ3) is 7.29. The number of piperidine rings is 1. The number of nitrogens with one attached hydrogen (secondary N) is 1. The zero-order valence-corrected chi connectivity index (χ0v) is 25.0. The summed E-state index contributed by atoms with van der Waals surface area (Å²) in [6.07, 6.45) is 2.45. The van der Waals surface area contributed by atoms with Crippen LogP contribution in [0.3, 0.4) is 0 Å².